The summed E-state index contributed by atoms with van der Waals surface area (Å²) in [6.45, 7) is 4.25. The summed E-state index contributed by atoms with van der Waals surface area (Å²) >= 11 is 0. The molecule has 0 aliphatic carbocycles. The molecule has 576 valence electrons. The highest BCUT2D eigenvalue weighted by molar-refractivity contribution is 7.47. The maximum absolute atomic E-state index is 12.9. The SMILES string of the molecule is CC/C=C\C/C=C\C/C=C\C/C=C\C/C=C\C/C=C\CCCCCCCCCCCCCCCCCCCCCCCCC(=O)OC(COC(=O)CCCCCCCCCCCCCCCCCCCCC/C=C\C/C=C\C/C=C\C/C=C\C/C=C\CC)COP(=O)(O)OCC[N+](C)(C)C. The molecule has 0 aliphatic rings. The number of likely N-dealkylation sites (N-methyl/N-ethyl adjacent to an activating group) is 1. The first-order chi connectivity index (χ1) is 49.0. The average Bonchev–Trinajstić information content (AvgIpc) is 1.30. The second-order valence-corrected chi connectivity index (χ2v) is 30.6. The van der Waals surface area contributed by atoms with Gasteiger partial charge in [0.2, 0.25) is 0 Å². The number of ether oxygens (including phenoxy) is 2. The topological polar surface area (TPSA) is 108 Å². The second kappa shape index (κ2) is 79.3. The number of phosphoric ester groups is 1. The first kappa shape index (κ1) is 96.2. The Balaban J connectivity index is 3.92. The summed E-state index contributed by atoms with van der Waals surface area (Å²) in [6.07, 6.45) is 116. The van der Waals surface area contributed by atoms with E-state index < -0.39 is 26.5 Å². The van der Waals surface area contributed by atoms with E-state index in [1.165, 1.54) is 238 Å². The number of rotatable bonds is 77. The summed E-state index contributed by atoms with van der Waals surface area (Å²) in [5.74, 6) is -0.782. The Hall–Kier alpha value is -3.85. The molecule has 100 heavy (non-hydrogen) atoms. The number of phosphoric acid groups is 1. The fourth-order valence-corrected chi connectivity index (χ4v) is 12.6. The molecule has 0 fully saturated rings. The lowest BCUT2D eigenvalue weighted by atomic mass is 10.0. The van der Waals surface area contributed by atoms with Crippen LogP contribution in [0.1, 0.15) is 373 Å². The summed E-state index contributed by atoms with van der Waals surface area (Å²) in [7, 11) is 1.49. The van der Waals surface area contributed by atoms with Crippen molar-refractivity contribution in [1.29, 1.82) is 0 Å². The fourth-order valence-electron chi connectivity index (χ4n) is 11.9. The number of hydrogen-bond acceptors (Lipinski definition) is 7. The molecule has 0 aromatic rings. The van der Waals surface area contributed by atoms with Crippen molar-refractivity contribution in [3.05, 3.63) is 134 Å². The average molecular weight is 1410 g/mol. The quantitative estimate of drug-likeness (QED) is 0.0211. The molecule has 9 nitrogen and oxygen atoms in total. The molecule has 0 radical (unpaired) electrons. The zero-order chi connectivity index (χ0) is 72.5. The van der Waals surface area contributed by atoms with Gasteiger partial charge >= 0.3 is 19.8 Å². The Morgan fingerprint density at radius 2 is 0.540 bits per heavy atom. The van der Waals surface area contributed by atoms with Gasteiger partial charge in [0.1, 0.15) is 19.8 Å². The van der Waals surface area contributed by atoms with E-state index in [9.17, 15) is 19.0 Å². The van der Waals surface area contributed by atoms with Crippen molar-refractivity contribution < 1.29 is 42.1 Å². The van der Waals surface area contributed by atoms with Crippen LogP contribution < -0.4 is 0 Å². The summed E-state index contributed by atoms with van der Waals surface area (Å²) in [5, 5.41) is 0. The van der Waals surface area contributed by atoms with Crippen LogP contribution in [0.2, 0.25) is 0 Å². The van der Waals surface area contributed by atoms with Gasteiger partial charge < -0.3 is 18.9 Å². The molecule has 0 bridgehead atoms. The van der Waals surface area contributed by atoms with Crippen LogP contribution in [-0.2, 0) is 32.7 Å². The molecule has 0 heterocycles. The molecule has 2 unspecified atom stereocenters. The number of allylic oxidation sites excluding steroid dienone is 22. The van der Waals surface area contributed by atoms with Crippen molar-refractivity contribution in [2.24, 2.45) is 0 Å². The predicted molar refractivity (Wildman–Crippen MR) is 436 cm³/mol. The minimum absolute atomic E-state index is 0.0305. The Labute approximate surface area is 619 Å². The molecule has 0 aromatic carbocycles. The molecule has 10 heteroatoms. The Morgan fingerprint density at radius 1 is 0.310 bits per heavy atom. The van der Waals surface area contributed by atoms with Gasteiger partial charge in [0.05, 0.1) is 27.7 Å². The van der Waals surface area contributed by atoms with Crippen molar-refractivity contribution in [3.63, 3.8) is 0 Å². The van der Waals surface area contributed by atoms with Gasteiger partial charge in [0.25, 0.3) is 0 Å². The fraction of sp³-hybridized carbons (Fsp3) is 0.733. The largest absolute Gasteiger partial charge is 0.472 e. The first-order valence-corrected chi connectivity index (χ1v) is 43.4. The van der Waals surface area contributed by atoms with Gasteiger partial charge in [-0.25, -0.2) is 4.57 Å². The van der Waals surface area contributed by atoms with E-state index in [2.05, 4.69) is 148 Å². The lowest BCUT2D eigenvalue weighted by molar-refractivity contribution is -0.870. The minimum atomic E-state index is -4.40. The van der Waals surface area contributed by atoms with Crippen molar-refractivity contribution in [2.45, 2.75) is 380 Å². The number of nitrogens with zero attached hydrogens (tertiary/aromatic N) is 1. The van der Waals surface area contributed by atoms with Gasteiger partial charge in [-0.15, -0.1) is 0 Å². The molecule has 0 saturated heterocycles. The minimum Gasteiger partial charge on any atom is -0.462 e. The molecule has 1 N–H and O–H groups in total. The highest BCUT2D eigenvalue weighted by atomic mass is 31.2. The number of carbonyl (C=O) groups is 2. The molecule has 0 amide bonds. The predicted octanol–water partition coefficient (Wildman–Crippen LogP) is 28.3. The van der Waals surface area contributed by atoms with Crippen LogP contribution in [0.4, 0.5) is 0 Å². The lowest BCUT2D eigenvalue weighted by Gasteiger charge is -2.24. The number of carbonyl (C=O) groups excluding carboxylic acids is 2. The van der Waals surface area contributed by atoms with Crippen molar-refractivity contribution in [3.8, 4) is 0 Å². The van der Waals surface area contributed by atoms with E-state index in [0.29, 0.717) is 17.4 Å². The van der Waals surface area contributed by atoms with Crippen LogP contribution in [0.3, 0.4) is 0 Å². The van der Waals surface area contributed by atoms with Crippen LogP contribution in [0, 0.1) is 0 Å². The number of unbranched alkanes of at least 4 members (excludes halogenated alkanes) is 41. The van der Waals surface area contributed by atoms with Gasteiger partial charge in [0.15, 0.2) is 6.10 Å². The van der Waals surface area contributed by atoms with E-state index in [4.69, 9.17) is 18.5 Å². The van der Waals surface area contributed by atoms with Crippen molar-refractivity contribution in [1.82, 2.24) is 0 Å². The lowest BCUT2D eigenvalue weighted by Crippen LogP contribution is -2.37. The van der Waals surface area contributed by atoms with Gasteiger partial charge in [-0.1, -0.05) is 385 Å². The Bertz CT molecular complexity index is 2160. The third-order valence-corrected chi connectivity index (χ3v) is 19.2. The standard InChI is InChI=1S/C90H158NO8P/c1-6-8-10-12-14-16-18-20-22-24-26-28-30-32-34-36-38-40-42-43-44-45-46-47-49-51-53-55-57-59-61-63-65-67-69-71-73-75-77-79-81-83-90(93)99-88(87-98-100(94,95)97-85-84-91(3,4)5)86-96-89(92)82-80-78-76-74-72-70-68-66-64-62-60-58-56-54-52-50-48-41-39-37-35-33-31-29-27-25-23-21-19-17-15-13-11-9-7-2/h8-11,14-17,20-23,26-29,32-35,38,40,88H,6-7,12-13,18-19,24-25,30-31,36-37,39,41-87H2,1-5H3/p+1/b10-8-,11-9-,16-14-,17-15-,22-20-,23-21-,28-26-,29-27-,34-32-,35-33-,40-38-. The molecular formula is C90H159NO8P+. The van der Waals surface area contributed by atoms with Gasteiger partial charge in [0, 0.05) is 12.8 Å². The van der Waals surface area contributed by atoms with E-state index in [0.717, 1.165) is 103 Å². The third kappa shape index (κ3) is 83.1. The molecule has 0 spiro atoms. The van der Waals surface area contributed by atoms with Crippen molar-refractivity contribution in [2.75, 3.05) is 47.5 Å². The molecule has 0 saturated carbocycles. The van der Waals surface area contributed by atoms with E-state index in [1.807, 2.05) is 21.1 Å². The van der Waals surface area contributed by atoms with Crippen LogP contribution in [0.15, 0.2) is 134 Å². The highest BCUT2D eigenvalue weighted by Gasteiger charge is 2.27. The normalized spacial score (nSPS) is 13.7. The van der Waals surface area contributed by atoms with E-state index >= 15 is 0 Å². The Kier molecular flexibility index (Phi) is 76.2. The molecule has 2 atom stereocenters. The van der Waals surface area contributed by atoms with Gasteiger partial charge in [-0.05, 0) is 109 Å². The summed E-state index contributed by atoms with van der Waals surface area (Å²) < 4.78 is 34.9. The first-order valence-electron chi connectivity index (χ1n) is 41.9. The molecule has 0 rings (SSSR count). The summed E-state index contributed by atoms with van der Waals surface area (Å²) in [5.41, 5.74) is 0. The summed E-state index contributed by atoms with van der Waals surface area (Å²) in [6, 6.07) is 0. The smallest absolute Gasteiger partial charge is 0.462 e. The zero-order valence-electron chi connectivity index (χ0n) is 65.9. The van der Waals surface area contributed by atoms with Crippen molar-refractivity contribution >= 4 is 19.8 Å². The Morgan fingerprint density at radius 3 is 0.800 bits per heavy atom. The monoisotopic (exact) mass is 1410 g/mol. The maximum Gasteiger partial charge on any atom is 0.472 e. The van der Waals surface area contributed by atoms with Gasteiger partial charge in [-0.2, -0.15) is 0 Å². The molecule has 0 aromatic heterocycles. The number of quaternary nitrogens is 1. The van der Waals surface area contributed by atoms with E-state index in [-0.39, 0.29) is 32.0 Å². The van der Waals surface area contributed by atoms with Crippen LogP contribution >= 0.6 is 7.82 Å². The molecule has 0 aliphatic heterocycles. The van der Waals surface area contributed by atoms with Crippen LogP contribution in [0.25, 0.3) is 0 Å². The van der Waals surface area contributed by atoms with E-state index in [1.54, 1.807) is 0 Å². The van der Waals surface area contributed by atoms with Crippen LogP contribution in [-0.4, -0.2) is 74.9 Å². The third-order valence-electron chi connectivity index (χ3n) is 18.2. The summed E-state index contributed by atoms with van der Waals surface area (Å²) in [4.78, 5) is 36.0. The maximum atomic E-state index is 12.9. The number of esters is 2. The highest BCUT2D eigenvalue weighted by Crippen LogP contribution is 2.43. The molecular weight excluding hydrogens is 1250 g/mol. The van der Waals surface area contributed by atoms with Gasteiger partial charge in [-0.3, -0.25) is 18.6 Å². The van der Waals surface area contributed by atoms with Crippen LogP contribution in [0.5, 0.6) is 0 Å². The number of hydrogen-bond donors (Lipinski definition) is 1. The zero-order valence-corrected chi connectivity index (χ0v) is 66.8. The second-order valence-electron chi connectivity index (χ2n) is 29.1.